The smallest absolute Gasteiger partial charge is 0.269 e. The van der Waals surface area contributed by atoms with E-state index in [1.165, 1.54) is 43.7 Å². The Labute approximate surface area is 238 Å². The van der Waals surface area contributed by atoms with Gasteiger partial charge in [-0.15, -0.1) is 0 Å². The Kier molecular flexibility index (Phi) is 8.65. The van der Waals surface area contributed by atoms with Crippen LogP contribution in [0.1, 0.15) is 11.3 Å². The molecule has 1 N–H and O–H groups in total. The molecule has 11 nitrogen and oxygen atoms in total. The van der Waals surface area contributed by atoms with Gasteiger partial charge in [-0.1, -0.05) is 17.7 Å². The lowest BCUT2D eigenvalue weighted by Gasteiger charge is -2.24. The van der Waals surface area contributed by atoms with Crippen molar-refractivity contribution in [2.24, 2.45) is 5.10 Å². The second kappa shape index (κ2) is 12.1. The third-order valence-corrected chi connectivity index (χ3v) is 8.08. The number of ether oxygens (including phenoxy) is 1. The van der Waals surface area contributed by atoms with Crippen LogP contribution in [0.25, 0.3) is 11.3 Å². The molecule has 0 aliphatic carbocycles. The standard InChI is InChI=1S/C27H23BrN4O7S/c1-18-3-7-20(8-4-18)31(40(36,37)23-12-14-26(38-2)24(28)15-23)17-27(33)30-29-16-22-11-13-25(39-22)19-5-9-21(10-6-19)32(34)35/h3-16H,17H2,1-2H3,(H,30,33)/b29-16+. The highest BCUT2D eigenvalue weighted by atomic mass is 79.9. The van der Waals surface area contributed by atoms with Gasteiger partial charge < -0.3 is 9.15 Å². The van der Waals surface area contributed by atoms with Crippen molar-refractivity contribution >= 4 is 49.4 Å². The maximum absolute atomic E-state index is 13.6. The molecular formula is C27H23BrN4O7S. The molecule has 0 aliphatic rings. The van der Waals surface area contributed by atoms with Crippen molar-refractivity contribution in [2.45, 2.75) is 11.8 Å². The van der Waals surface area contributed by atoms with Gasteiger partial charge in [0.25, 0.3) is 21.6 Å². The van der Waals surface area contributed by atoms with Crippen molar-refractivity contribution in [1.82, 2.24) is 5.43 Å². The maximum Gasteiger partial charge on any atom is 0.269 e. The Morgan fingerprint density at radius 3 is 2.42 bits per heavy atom. The molecule has 4 rings (SSSR count). The third-order valence-electron chi connectivity index (χ3n) is 5.69. The van der Waals surface area contributed by atoms with Gasteiger partial charge in [0.1, 0.15) is 23.8 Å². The minimum atomic E-state index is -4.15. The first-order valence-corrected chi connectivity index (χ1v) is 13.9. The van der Waals surface area contributed by atoms with Crippen LogP contribution in [0.3, 0.4) is 0 Å². The Bertz CT molecular complexity index is 1670. The molecule has 0 aliphatic heterocycles. The van der Waals surface area contributed by atoms with Gasteiger partial charge in [-0.3, -0.25) is 19.2 Å². The fourth-order valence-corrected chi connectivity index (χ4v) is 5.76. The first kappa shape index (κ1) is 28.5. The molecule has 1 amide bonds. The number of anilines is 1. The minimum Gasteiger partial charge on any atom is -0.496 e. The SMILES string of the molecule is COc1ccc(S(=O)(=O)N(CC(=O)N/N=C/c2ccc(-c3ccc([N+](=O)[O-])cc3)o2)c2ccc(C)cc2)cc1Br. The summed E-state index contributed by atoms with van der Waals surface area (Å²) in [6, 6.07) is 20.2. The number of furan rings is 1. The summed E-state index contributed by atoms with van der Waals surface area (Å²) in [5, 5.41) is 14.7. The molecule has 0 atom stereocenters. The van der Waals surface area contributed by atoms with Crippen molar-refractivity contribution in [1.29, 1.82) is 0 Å². The molecule has 3 aromatic carbocycles. The number of halogens is 1. The van der Waals surface area contributed by atoms with Gasteiger partial charge in [0.15, 0.2) is 0 Å². The average molecular weight is 627 g/mol. The molecule has 0 radical (unpaired) electrons. The van der Waals surface area contributed by atoms with Crippen molar-refractivity contribution in [3.05, 3.63) is 105 Å². The molecule has 4 aromatic rings. The molecule has 0 unspecified atom stereocenters. The monoisotopic (exact) mass is 626 g/mol. The number of benzene rings is 3. The summed E-state index contributed by atoms with van der Waals surface area (Å²) in [6.07, 6.45) is 1.26. The molecule has 1 heterocycles. The molecular weight excluding hydrogens is 604 g/mol. The molecule has 0 saturated heterocycles. The Hall–Kier alpha value is -4.49. The van der Waals surface area contributed by atoms with Crippen molar-refractivity contribution in [3.63, 3.8) is 0 Å². The number of nitro benzene ring substituents is 1. The van der Waals surface area contributed by atoms with Crippen LogP contribution in [0.5, 0.6) is 5.75 Å². The van der Waals surface area contributed by atoms with Crippen molar-refractivity contribution in [2.75, 3.05) is 18.0 Å². The lowest BCUT2D eigenvalue weighted by Crippen LogP contribution is -2.39. The zero-order valence-electron chi connectivity index (χ0n) is 21.3. The van der Waals surface area contributed by atoms with Gasteiger partial charge >= 0.3 is 0 Å². The van der Waals surface area contributed by atoms with E-state index in [2.05, 4.69) is 26.5 Å². The number of hydrogen-bond donors (Lipinski definition) is 1. The average Bonchev–Trinajstić information content (AvgIpc) is 3.41. The number of amides is 1. The highest BCUT2D eigenvalue weighted by Crippen LogP contribution is 2.31. The van der Waals surface area contributed by atoms with Crippen LogP contribution in [-0.2, 0) is 14.8 Å². The van der Waals surface area contributed by atoms with Crippen molar-refractivity contribution in [3.8, 4) is 17.1 Å². The van der Waals surface area contributed by atoms with E-state index in [0.717, 1.165) is 9.87 Å². The maximum atomic E-state index is 13.6. The summed E-state index contributed by atoms with van der Waals surface area (Å²) >= 11 is 3.31. The lowest BCUT2D eigenvalue weighted by atomic mass is 10.1. The molecule has 0 bridgehead atoms. The molecule has 13 heteroatoms. The number of nitrogens with one attached hydrogen (secondary N) is 1. The largest absolute Gasteiger partial charge is 0.496 e. The molecule has 40 heavy (non-hydrogen) atoms. The summed E-state index contributed by atoms with van der Waals surface area (Å²) in [7, 11) is -2.68. The number of nitro groups is 1. The number of rotatable bonds is 10. The number of aryl methyl sites for hydroxylation is 1. The van der Waals surface area contributed by atoms with Crippen LogP contribution in [0.15, 0.2) is 97.7 Å². The quantitative estimate of drug-likeness (QED) is 0.143. The summed E-state index contributed by atoms with van der Waals surface area (Å²) in [5.41, 5.74) is 4.13. The van der Waals surface area contributed by atoms with Crippen LogP contribution in [0.4, 0.5) is 11.4 Å². The fourth-order valence-electron chi connectivity index (χ4n) is 3.62. The van der Waals surface area contributed by atoms with Gasteiger partial charge in [-0.25, -0.2) is 13.8 Å². The van der Waals surface area contributed by atoms with E-state index in [4.69, 9.17) is 9.15 Å². The number of methoxy groups -OCH3 is 1. The number of hydrogen-bond acceptors (Lipinski definition) is 8. The van der Waals surface area contributed by atoms with E-state index < -0.39 is 27.4 Å². The Morgan fingerprint density at radius 1 is 1.10 bits per heavy atom. The molecule has 0 saturated carbocycles. The molecule has 0 spiro atoms. The van der Waals surface area contributed by atoms with Gasteiger partial charge in [-0.2, -0.15) is 5.10 Å². The van der Waals surface area contributed by atoms with Crippen molar-refractivity contribution < 1.29 is 27.3 Å². The Balaban J connectivity index is 1.50. The van der Waals surface area contributed by atoms with Gasteiger partial charge in [-0.05, 0) is 77.5 Å². The first-order valence-electron chi connectivity index (χ1n) is 11.7. The predicted octanol–water partition coefficient (Wildman–Crippen LogP) is 5.28. The van der Waals surface area contributed by atoms with E-state index in [1.807, 2.05) is 6.92 Å². The normalized spacial score (nSPS) is 11.4. The van der Waals surface area contributed by atoms with E-state index in [9.17, 15) is 23.3 Å². The second-order valence-electron chi connectivity index (χ2n) is 8.44. The molecule has 1 aromatic heterocycles. The van der Waals surface area contributed by atoms with Crippen LogP contribution < -0.4 is 14.5 Å². The van der Waals surface area contributed by atoms with Gasteiger partial charge in [0.2, 0.25) is 0 Å². The summed E-state index contributed by atoms with van der Waals surface area (Å²) < 4.78 is 39.5. The number of carbonyl (C=O) groups excluding carboxylic acids is 1. The number of carbonyl (C=O) groups is 1. The van der Waals surface area contributed by atoms with E-state index in [0.29, 0.717) is 33.0 Å². The van der Waals surface area contributed by atoms with Crippen LogP contribution in [-0.4, -0.2) is 39.1 Å². The van der Waals surface area contributed by atoms with E-state index in [-0.39, 0.29) is 10.6 Å². The van der Waals surface area contributed by atoms with E-state index in [1.54, 1.807) is 48.5 Å². The summed E-state index contributed by atoms with van der Waals surface area (Å²) in [4.78, 5) is 23.1. The van der Waals surface area contributed by atoms with Crippen LogP contribution in [0.2, 0.25) is 0 Å². The van der Waals surface area contributed by atoms with E-state index >= 15 is 0 Å². The van der Waals surface area contributed by atoms with Gasteiger partial charge in [0.05, 0.1) is 33.3 Å². The predicted molar refractivity (Wildman–Crippen MR) is 153 cm³/mol. The fraction of sp³-hybridized carbons (Fsp3) is 0.111. The summed E-state index contributed by atoms with van der Waals surface area (Å²) in [6.45, 7) is 1.32. The lowest BCUT2D eigenvalue weighted by molar-refractivity contribution is -0.384. The summed E-state index contributed by atoms with van der Waals surface area (Å²) in [5.74, 6) is 0.530. The Morgan fingerprint density at radius 2 is 1.80 bits per heavy atom. The van der Waals surface area contributed by atoms with Crippen LogP contribution >= 0.6 is 15.9 Å². The second-order valence-corrected chi connectivity index (χ2v) is 11.2. The minimum absolute atomic E-state index is 0.0357. The highest BCUT2D eigenvalue weighted by Gasteiger charge is 2.28. The van der Waals surface area contributed by atoms with Gasteiger partial charge in [0, 0.05) is 17.7 Å². The molecule has 206 valence electrons. The zero-order valence-corrected chi connectivity index (χ0v) is 23.7. The number of nitrogens with zero attached hydrogens (tertiary/aromatic N) is 3. The topological polar surface area (TPSA) is 144 Å². The first-order chi connectivity index (χ1) is 19.1. The number of non-ortho nitro benzene ring substituents is 1. The van der Waals surface area contributed by atoms with Crippen LogP contribution in [0, 0.1) is 17.0 Å². The zero-order chi connectivity index (χ0) is 28.9. The number of sulfonamides is 1. The molecule has 0 fully saturated rings. The highest BCUT2D eigenvalue weighted by molar-refractivity contribution is 9.10. The number of hydrazone groups is 1. The third kappa shape index (κ3) is 6.55.